The molecule has 8 heteroatoms. The molecule has 1 unspecified atom stereocenters. The predicted molar refractivity (Wildman–Crippen MR) is 75.9 cm³/mol. The number of non-ortho nitro benzene ring substituents is 1. The van der Waals surface area contributed by atoms with Gasteiger partial charge in [0.15, 0.2) is 0 Å². The molecule has 1 aromatic carbocycles. The van der Waals surface area contributed by atoms with Crippen molar-refractivity contribution in [1.29, 1.82) is 5.26 Å². The molecule has 1 atom stereocenters. The summed E-state index contributed by atoms with van der Waals surface area (Å²) in [6.45, 7) is 1.68. The van der Waals surface area contributed by atoms with E-state index in [9.17, 15) is 20.2 Å². The summed E-state index contributed by atoms with van der Waals surface area (Å²) in [7, 11) is 1.55. The third-order valence-electron chi connectivity index (χ3n) is 3.41. The molecule has 110 valence electrons. The summed E-state index contributed by atoms with van der Waals surface area (Å²) in [5.41, 5.74) is 0.597. The first-order valence-electron chi connectivity index (χ1n) is 6.46. The summed E-state index contributed by atoms with van der Waals surface area (Å²) in [5, 5.41) is 25.7. The van der Waals surface area contributed by atoms with Crippen molar-refractivity contribution in [2.45, 2.75) is 6.04 Å². The Kier molecular flexibility index (Phi) is 4.35. The van der Waals surface area contributed by atoms with E-state index < -0.39 is 11.0 Å². The Morgan fingerprint density at radius 2 is 2.38 bits per heavy atom. The van der Waals surface area contributed by atoms with Crippen LogP contribution < -0.4 is 15.5 Å². The zero-order valence-corrected chi connectivity index (χ0v) is 11.5. The summed E-state index contributed by atoms with van der Waals surface area (Å²) >= 11 is 0. The number of nitriles is 1. The molecule has 0 aromatic heterocycles. The summed E-state index contributed by atoms with van der Waals surface area (Å²) in [6, 6.07) is 5.63. The fourth-order valence-corrected chi connectivity index (χ4v) is 2.37. The highest BCUT2D eigenvalue weighted by Crippen LogP contribution is 2.27. The van der Waals surface area contributed by atoms with Crippen LogP contribution in [0.4, 0.5) is 11.4 Å². The minimum absolute atomic E-state index is 0.137. The van der Waals surface area contributed by atoms with Gasteiger partial charge in [0, 0.05) is 38.8 Å². The van der Waals surface area contributed by atoms with Crippen molar-refractivity contribution < 1.29 is 9.72 Å². The van der Waals surface area contributed by atoms with Crippen LogP contribution >= 0.6 is 0 Å². The van der Waals surface area contributed by atoms with Crippen molar-refractivity contribution in [2.24, 2.45) is 0 Å². The topological polar surface area (TPSA) is 111 Å². The van der Waals surface area contributed by atoms with Crippen LogP contribution in [-0.2, 0) is 4.79 Å². The van der Waals surface area contributed by atoms with Gasteiger partial charge in [-0.15, -0.1) is 0 Å². The minimum Gasteiger partial charge on any atom is -0.357 e. The first kappa shape index (κ1) is 14.7. The Bertz CT molecular complexity index is 610. The van der Waals surface area contributed by atoms with Gasteiger partial charge in [0.25, 0.3) is 5.69 Å². The normalized spacial score (nSPS) is 17.9. The van der Waals surface area contributed by atoms with Crippen LogP contribution in [-0.4, -0.2) is 43.6 Å². The lowest BCUT2D eigenvalue weighted by Gasteiger charge is -2.37. The molecule has 1 heterocycles. The molecule has 1 fully saturated rings. The average Bonchev–Trinajstić information content (AvgIpc) is 2.53. The molecule has 21 heavy (non-hydrogen) atoms. The number of likely N-dealkylation sites (N-methyl/N-ethyl adjacent to an activating group) is 1. The lowest BCUT2D eigenvalue weighted by molar-refractivity contribution is -0.384. The molecule has 2 N–H and O–H groups in total. The van der Waals surface area contributed by atoms with Gasteiger partial charge >= 0.3 is 0 Å². The van der Waals surface area contributed by atoms with Gasteiger partial charge in [-0.25, -0.2) is 0 Å². The quantitative estimate of drug-likeness (QED) is 0.598. The van der Waals surface area contributed by atoms with Crippen molar-refractivity contribution in [1.82, 2.24) is 10.6 Å². The number of hydrogen-bond donors (Lipinski definition) is 2. The number of anilines is 1. The molecule has 1 amide bonds. The third-order valence-corrected chi connectivity index (χ3v) is 3.41. The number of nitrogens with one attached hydrogen (secondary N) is 2. The van der Waals surface area contributed by atoms with Crippen molar-refractivity contribution in [3.8, 4) is 6.07 Å². The molecule has 1 aromatic rings. The number of carbonyl (C=O) groups is 1. The Morgan fingerprint density at radius 1 is 1.62 bits per heavy atom. The zero-order chi connectivity index (χ0) is 15.4. The van der Waals surface area contributed by atoms with Gasteiger partial charge in [0.05, 0.1) is 16.2 Å². The minimum atomic E-state index is -0.543. The highest BCUT2D eigenvalue weighted by molar-refractivity contribution is 5.86. The highest BCUT2D eigenvalue weighted by atomic mass is 16.6. The zero-order valence-electron chi connectivity index (χ0n) is 11.5. The van der Waals surface area contributed by atoms with Crippen LogP contribution in [0.5, 0.6) is 0 Å². The number of piperazine rings is 1. The number of hydrogen-bond acceptors (Lipinski definition) is 6. The SMILES string of the molecule is CNC(=O)C1CNCCN1c1ccc([N+](=O)[O-])cc1C#N. The average molecular weight is 289 g/mol. The standard InChI is InChI=1S/C13H15N5O3/c1-15-13(19)12-8-16-4-5-17(12)11-3-2-10(18(20)21)6-9(11)7-14/h2-3,6,12,16H,4-5,8H2,1H3,(H,15,19). The van der Waals surface area contributed by atoms with Crippen LogP contribution in [0.3, 0.4) is 0 Å². The Labute approximate surface area is 121 Å². The summed E-state index contributed by atoms with van der Waals surface area (Å²) in [6.07, 6.45) is 0. The fraction of sp³-hybridized carbons (Fsp3) is 0.385. The van der Waals surface area contributed by atoms with E-state index in [4.69, 9.17) is 0 Å². The molecule has 0 radical (unpaired) electrons. The Hall–Kier alpha value is -2.66. The fourth-order valence-electron chi connectivity index (χ4n) is 2.37. The maximum Gasteiger partial charge on any atom is 0.270 e. The second-order valence-corrected chi connectivity index (χ2v) is 4.60. The summed E-state index contributed by atoms with van der Waals surface area (Å²) in [4.78, 5) is 24.0. The number of amides is 1. The molecule has 0 spiro atoms. The highest BCUT2D eigenvalue weighted by Gasteiger charge is 2.30. The van der Waals surface area contributed by atoms with E-state index in [1.165, 1.54) is 18.2 Å². The van der Waals surface area contributed by atoms with Gasteiger partial charge in [0.1, 0.15) is 12.1 Å². The maximum absolute atomic E-state index is 11.9. The molecular formula is C13H15N5O3. The van der Waals surface area contributed by atoms with Gasteiger partial charge in [-0.2, -0.15) is 5.26 Å². The van der Waals surface area contributed by atoms with Crippen LogP contribution in [0.15, 0.2) is 18.2 Å². The maximum atomic E-state index is 11.9. The number of nitro groups is 1. The predicted octanol–water partition coefficient (Wildman–Crippen LogP) is -0.00932. The van der Waals surface area contributed by atoms with Crippen LogP contribution in [0, 0.1) is 21.4 Å². The molecule has 0 bridgehead atoms. The summed E-state index contributed by atoms with van der Waals surface area (Å²) in [5.74, 6) is -0.163. The van der Waals surface area contributed by atoms with Crippen LogP contribution in [0.25, 0.3) is 0 Å². The van der Waals surface area contributed by atoms with E-state index in [1.807, 2.05) is 6.07 Å². The van der Waals surface area contributed by atoms with Gasteiger partial charge in [-0.1, -0.05) is 0 Å². The van der Waals surface area contributed by atoms with Crippen molar-refractivity contribution in [3.63, 3.8) is 0 Å². The number of rotatable bonds is 3. The smallest absolute Gasteiger partial charge is 0.270 e. The van der Waals surface area contributed by atoms with Crippen LogP contribution in [0.1, 0.15) is 5.56 Å². The Balaban J connectivity index is 2.41. The molecule has 8 nitrogen and oxygen atoms in total. The van der Waals surface area contributed by atoms with E-state index >= 15 is 0 Å². The second kappa shape index (κ2) is 6.19. The molecule has 2 rings (SSSR count). The third kappa shape index (κ3) is 2.93. The van der Waals surface area contributed by atoms with Gasteiger partial charge in [0.2, 0.25) is 5.91 Å². The van der Waals surface area contributed by atoms with Gasteiger partial charge in [-0.05, 0) is 6.07 Å². The first-order valence-corrected chi connectivity index (χ1v) is 6.46. The first-order chi connectivity index (χ1) is 10.1. The van der Waals surface area contributed by atoms with Gasteiger partial charge < -0.3 is 15.5 Å². The molecule has 1 saturated heterocycles. The van der Waals surface area contributed by atoms with E-state index in [0.29, 0.717) is 25.3 Å². The number of benzene rings is 1. The lowest BCUT2D eigenvalue weighted by Crippen LogP contribution is -2.57. The van der Waals surface area contributed by atoms with E-state index in [1.54, 1.807) is 11.9 Å². The molecular weight excluding hydrogens is 274 g/mol. The van der Waals surface area contributed by atoms with Crippen molar-refractivity contribution in [3.05, 3.63) is 33.9 Å². The Morgan fingerprint density at radius 3 is 3.00 bits per heavy atom. The molecule has 1 aliphatic heterocycles. The molecule has 0 saturated carbocycles. The largest absolute Gasteiger partial charge is 0.357 e. The lowest BCUT2D eigenvalue weighted by atomic mass is 10.1. The monoisotopic (exact) mass is 289 g/mol. The number of nitrogens with zero attached hydrogens (tertiary/aromatic N) is 3. The van der Waals surface area contributed by atoms with Crippen molar-refractivity contribution >= 4 is 17.3 Å². The van der Waals surface area contributed by atoms with Crippen molar-refractivity contribution in [2.75, 3.05) is 31.6 Å². The van der Waals surface area contributed by atoms with E-state index in [-0.39, 0.29) is 17.2 Å². The molecule has 1 aliphatic rings. The van der Waals surface area contributed by atoms with E-state index in [2.05, 4.69) is 10.6 Å². The van der Waals surface area contributed by atoms with E-state index in [0.717, 1.165) is 0 Å². The summed E-state index contributed by atoms with van der Waals surface area (Å²) < 4.78 is 0. The van der Waals surface area contributed by atoms with Crippen LogP contribution in [0.2, 0.25) is 0 Å². The number of nitro benzene ring substituents is 1. The second-order valence-electron chi connectivity index (χ2n) is 4.60. The van der Waals surface area contributed by atoms with Gasteiger partial charge in [-0.3, -0.25) is 14.9 Å². The number of carbonyl (C=O) groups excluding carboxylic acids is 1. The molecule has 0 aliphatic carbocycles.